The Hall–Kier alpha value is -2.30. The fraction of sp³-hybridized carbons (Fsp3) is 0.118. The van der Waals surface area contributed by atoms with Crippen LogP contribution in [0.4, 0.5) is 0 Å². The third-order valence-electron chi connectivity index (χ3n) is 3.49. The Kier molecular flexibility index (Phi) is 3.88. The van der Waals surface area contributed by atoms with Crippen LogP contribution in [0.2, 0.25) is 5.02 Å². The fourth-order valence-electron chi connectivity index (χ4n) is 2.43. The average molecular weight is 317 g/mol. The van der Waals surface area contributed by atoms with Gasteiger partial charge < -0.3 is 14.3 Å². The first-order chi connectivity index (χ1) is 10.7. The van der Waals surface area contributed by atoms with Gasteiger partial charge in [0, 0.05) is 10.9 Å². The largest absolute Gasteiger partial charge is 0.496 e. The quantitative estimate of drug-likeness (QED) is 0.743. The SMILES string of the molecule is COc1ccccc1C(=O)c1oc2c(Cl)cccc2c1CO. The molecule has 0 spiro atoms. The van der Waals surface area contributed by atoms with Crippen molar-refractivity contribution in [3.8, 4) is 5.75 Å². The first-order valence-electron chi connectivity index (χ1n) is 6.65. The van der Waals surface area contributed by atoms with Crippen molar-refractivity contribution in [2.24, 2.45) is 0 Å². The van der Waals surface area contributed by atoms with Crippen LogP contribution in [0.5, 0.6) is 5.75 Å². The maximum Gasteiger partial charge on any atom is 0.232 e. The summed E-state index contributed by atoms with van der Waals surface area (Å²) in [6, 6.07) is 12.0. The van der Waals surface area contributed by atoms with Gasteiger partial charge in [0.2, 0.25) is 5.78 Å². The van der Waals surface area contributed by atoms with Gasteiger partial charge in [0.1, 0.15) is 5.75 Å². The van der Waals surface area contributed by atoms with Gasteiger partial charge in [-0.05, 0) is 18.2 Å². The molecule has 5 heteroatoms. The summed E-state index contributed by atoms with van der Waals surface area (Å²) >= 11 is 6.10. The number of hydrogen-bond donors (Lipinski definition) is 1. The summed E-state index contributed by atoms with van der Waals surface area (Å²) in [7, 11) is 1.49. The summed E-state index contributed by atoms with van der Waals surface area (Å²) in [6.07, 6.45) is 0. The maximum atomic E-state index is 12.8. The number of ketones is 1. The number of benzene rings is 2. The van der Waals surface area contributed by atoms with Gasteiger partial charge in [0.15, 0.2) is 11.3 Å². The zero-order valence-electron chi connectivity index (χ0n) is 11.8. The first kappa shape index (κ1) is 14.6. The van der Waals surface area contributed by atoms with Crippen molar-refractivity contribution < 1.29 is 19.1 Å². The second-order valence-corrected chi connectivity index (χ2v) is 5.12. The average Bonchev–Trinajstić information content (AvgIpc) is 2.94. The molecule has 0 saturated carbocycles. The monoisotopic (exact) mass is 316 g/mol. The molecule has 112 valence electrons. The molecule has 0 aliphatic rings. The Morgan fingerprint density at radius 1 is 1.23 bits per heavy atom. The topological polar surface area (TPSA) is 59.7 Å². The number of hydrogen-bond acceptors (Lipinski definition) is 4. The smallest absolute Gasteiger partial charge is 0.232 e. The third-order valence-corrected chi connectivity index (χ3v) is 3.78. The van der Waals surface area contributed by atoms with E-state index >= 15 is 0 Å². The Labute approximate surface area is 131 Å². The lowest BCUT2D eigenvalue weighted by atomic mass is 10.0. The number of para-hydroxylation sites is 2. The molecule has 0 amide bonds. The second-order valence-electron chi connectivity index (χ2n) is 4.71. The van der Waals surface area contributed by atoms with E-state index in [4.69, 9.17) is 20.8 Å². The summed E-state index contributed by atoms with van der Waals surface area (Å²) in [6.45, 7) is -0.316. The minimum atomic E-state index is -0.353. The van der Waals surface area contributed by atoms with E-state index in [0.29, 0.717) is 32.9 Å². The van der Waals surface area contributed by atoms with E-state index in [1.807, 2.05) is 0 Å². The molecule has 22 heavy (non-hydrogen) atoms. The number of aliphatic hydroxyl groups is 1. The molecule has 1 aromatic heterocycles. The van der Waals surface area contributed by atoms with Crippen molar-refractivity contribution in [2.45, 2.75) is 6.61 Å². The van der Waals surface area contributed by atoms with Gasteiger partial charge in [-0.2, -0.15) is 0 Å². The minimum absolute atomic E-state index is 0.0788. The molecular formula is C17H13ClO4. The lowest BCUT2D eigenvalue weighted by Crippen LogP contribution is -2.05. The number of aliphatic hydroxyl groups excluding tert-OH is 1. The number of rotatable bonds is 4. The molecule has 0 radical (unpaired) electrons. The van der Waals surface area contributed by atoms with E-state index in [-0.39, 0.29) is 18.2 Å². The molecule has 0 bridgehead atoms. The summed E-state index contributed by atoms with van der Waals surface area (Å²) in [4.78, 5) is 12.8. The highest BCUT2D eigenvalue weighted by atomic mass is 35.5. The molecule has 0 aliphatic heterocycles. The highest BCUT2D eigenvalue weighted by molar-refractivity contribution is 6.35. The van der Waals surface area contributed by atoms with Crippen LogP contribution in [0.25, 0.3) is 11.0 Å². The number of carbonyl (C=O) groups excluding carboxylic acids is 1. The van der Waals surface area contributed by atoms with Crippen LogP contribution in [0.15, 0.2) is 46.9 Å². The van der Waals surface area contributed by atoms with E-state index in [2.05, 4.69) is 0 Å². The Morgan fingerprint density at radius 2 is 2.00 bits per heavy atom. The molecule has 0 fully saturated rings. The number of carbonyl (C=O) groups is 1. The van der Waals surface area contributed by atoms with Crippen LogP contribution in [0.1, 0.15) is 21.7 Å². The van der Waals surface area contributed by atoms with Crippen LogP contribution in [-0.2, 0) is 6.61 Å². The molecule has 2 aromatic carbocycles. The van der Waals surface area contributed by atoms with E-state index in [9.17, 15) is 9.90 Å². The number of fused-ring (bicyclic) bond motifs is 1. The molecule has 0 aliphatic carbocycles. The number of ether oxygens (including phenoxy) is 1. The Balaban J connectivity index is 2.21. The van der Waals surface area contributed by atoms with Crippen LogP contribution >= 0.6 is 11.6 Å². The maximum absolute atomic E-state index is 12.8. The molecule has 0 atom stereocenters. The summed E-state index contributed by atoms with van der Waals surface area (Å²) in [5.74, 6) is 0.173. The number of furan rings is 1. The zero-order chi connectivity index (χ0) is 15.7. The van der Waals surface area contributed by atoms with Crippen LogP contribution < -0.4 is 4.74 Å². The minimum Gasteiger partial charge on any atom is -0.496 e. The second kappa shape index (κ2) is 5.83. The Bertz CT molecular complexity index is 851. The van der Waals surface area contributed by atoms with Gasteiger partial charge in [-0.1, -0.05) is 35.9 Å². The van der Waals surface area contributed by atoms with Crippen molar-refractivity contribution in [2.75, 3.05) is 7.11 Å². The highest BCUT2D eigenvalue weighted by Crippen LogP contribution is 2.33. The van der Waals surface area contributed by atoms with Gasteiger partial charge in [0.05, 0.1) is 24.3 Å². The lowest BCUT2D eigenvalue weighted by molar-refractivity contribution is 0.100. The molecule has 0 saturated heterocycles. The standard InChI is InChI=1S/C17H13ClO4/c1-21-14-8-3-2-5-11(14)15(20)17-12(9-19)10-6-4-7-13(18)16(10)22-17/h2-8,19H,9H2,1H3. The van der Waals surface area contributed by atoms with Crippen molar-refractivity contribution in [1.29, 1.82) is 0 Å². The molecule has 3 aromatic rings. The van der Waals surface area contributed by atoms with Crippen molar-refractivity contribution >= 4 is 28.4 Å². The van der Waals surface area contributed by atoms with Gasteiger partial charge >= 0.3 is 0 Å². The van der Waals surface area contributed by atoms with E-state index in [1.54, 1.807) is 42.5 Å². The fourth-order valence-corrected chi connectivity index (χ4v) is 2.64. The van der Waals surface area contributed by atoms with Crippen molar-refractivity contribution in [3.63, 3.8) is 0 Å². The molecule has 1 N–H and O–H groups in total. The first-order valence-corrected chi connectivity index (χ1v) is 7.03. The predicted molar refractivity (Wildman–Crippen MR) is 83.6 cm³/mol. The summed E-state index contributed by atoms with van der Waals surface area (Å²) in [5.41, 5.74) is 1.19. The van der Waals surface area contributed by atoms with Gasteiger partial charge in [-0.15, -0.1) is 0 Å². The summed E-state index contributed by atoms with van der Waals surface area (Å²) in [5, 5.41) is 10.7. The van der Waals surface area contributed by atoms with Crippen LogP contribution in [0, 0.1) is 0 Å². The van der Waals surface area contributed by atoms with E-state index in [0.717, 1.165) is 0 Å². The number of methoxy groups -OCH3 is 1. The predicted octanol–water partition coefficient (Wildman–Crippen LogP) is 3.82. The highest BCUT2D eigenvalue weighted by Gasteiger charge is 2.24. The molecular weight excluding hydrogens is 304 g/mol. The number of halogens is 1. The molecule has 4 nitrogen and oxygen atoms in total. The van der Waals surface area contributed by atoms with Crippen LogP contribution in [0.3, 0.4) is 0 Å². The van der Waals surface area contributed by atoms with E-state index < -0.39 is 0 Å². The van der Waals surface area contributed by atoms with Crippen molar-refractivity contribution in [1.82, 2.24) is 0 Å². The van der Waals surface area contributed by atoms with Gasteiger partial charge in [-0.3, -0.25) is 4.79 Å². The third kappa shape index (κ3) is 2.26. The normalized spacial score (nSPS) is 10.9. The lowest BCUT2D eigenvalue weighted by Gasteiger charge is -2.06. The van der Waals surface area contributed by atoms with E-state index in [1.165, 1.54) is 7.11 Å². The van der Waals surface area contributed by atoms with Gasteiger partial charge in [-0.25, -0.2) is 0 Å². The van der Waals surface area contributed by atoms with Crippen LogP contribution in [-0.4, -0.2) is 18.0 Å². The summed E-state index contributed by atoms with van der Waals surface area (Å²) < 4.78 is 10.8. The Morgan fingerprint density at radius 3 is 2.73 bits per heavy atom. The molecule has 0 unspecified atom stereocenters. The molecule has 1 heterocycles. The van der Waals surface area contributed by atoms with Crippen molar-refractivity contribution in [3.05, 3.63) is 64.4 Å². The van der Waals surface area contributed by atoms with Gasteiger partial charge in [0.25, 0.3) is 0 Å². The molecule has 3 rings (SSSR count). The zero-order valence-corrected chi connectivity index (χ0v) is 12.6.